The Labute approximate surface area is 141 Å². The molecule has 0 saturated carbocycles. The van der Waals surface area contributed by atoms with E-state index < -0.39 is 0 Å². The van der Waals surface area contributed by atoms with E-state index in [4.69, 9.17) is 4.52 Å². The minimum Gasteiger partial charge on any atom is -0.356 e. The average Bonchev–Trinajstić information content (AvgIpc) is 3.06. The highest BCUT2D eigenvalue weighted by molar-refractivity contribution is 5.79. The number of aryl methyl sites for hydroxylation is 1. The second kappa shape index (κ2) is 7.42. The summed E-state index contributed by atoms with van der Waals surface area (Å²) in [7, 11) is 0. The van der Waals surface area contributed by atoms with E-state index in [1.807, 2.05) is 12.1 Å². The van der Waals surface area contributed by atoms with Crippen LogP contribution in [0.1, 0.15) is 32.1 Å². The summed E-state index contributed by atoms with van der Waals surface area (Å²) in [5.74, 6) is 2.20. The smallest absolute Gasteiger partial charge is 0.223 e. The van der Waals surface area contributed by atoms with Crippen molar-refractivity contribution >= 4 is 11.7 Å². The summed E-state index contributed by atoms with van der Waals surface area (Å²) in [6, 6.07) is 3.82. The fourth-order valence-electron chi connectivity index (χ4n) is 2.98. The lowest BCUT2D eigenvalue weighted by Gasteiger charge is -2.32. The molecule has 2 aromatic rings. The Bertz CT molecular complexity index is 692. The number of pyridine rings is 1. The fourth-order valence-corrected chi connectivity index (χ4v) is 2.98. The molecule has 0 aliphatic carbocycles. The van der Waals surface area contributed by atoms with Crippen molar-refractivity contribution < 1.29 is 9.32 Å². The molecule has 7 nitrogen and oxygen atoms in total. The molecule has 0 spiro atoms. The highest BCUT2D eigenvalue weighted by atomic mass is 16.5. The Morgan fingerprint density at radius 3 is 2.88 bits per heavy atom. The first-order valence-electron chi connectivity index (χ1n) is 8.47. The van der Waals surface area contributed by atoms with Gasteiger partial charge in [0, 0.05) is 38.7 Å². The van der Waals surface area contributed by atoms with E-state index in [1.165, 1.54) is 0 Å². The summed E-state index contributed by atoms with van der Waals surface area (Å²) in [6.45, 7) is 6.18. The highest BCUT2D eigenvalue weighted by Gasteiger charge is 2.27. The van der Waals surface area contributed by atoms with Crippen molar-refractivity contribution in [2.45, 2.75) is 33.1 Å². The van der Waals surface area contributed by atoms with Crippen molar-refractivity contribution in [1.82, 2.24) is 20.4 Å². The van der Waals surface area contributed by atoms with Crippen molar-refractivity contribution in [1.29, 1.82) is 0 Å². The summed E-state index contributed by atoms with van der Waals surface area (Å²) in [5, 5.41) is 6.99. The predicted octanol–water partition coefficient (Wildman–Crippen LogP) is 2.18. The zero-order valence-corrected chi connectivity index (χ0v) is 14.2. The van der Waals surface area contributed by atoms with E-state index >= 15 is 0 Å². The lowest BCUT2D eigenvalue weighted by molar-refractivity contribution is -0.125. The van der Waals surface area contributed by atoms with Gasteiger partial charge in [0.15, 0.2) is 0 Å². The van der Waals surface area contributed by atoms with Crippen molar-refractivity contribution in [3.63, 3.8) is 0 Å². The second-order valence-electron chi connectivity index (χ2n) is 6.06. The lowest BCUT2D eigenvalue weighted by Crippen LogP contribution is -2.41. The minimum absolute atomic E-state index is 0.0902. The third kappa shape index (κ3) is 3.55. The van der Waals surface area contributed by atoms with E-state index in [2.05, 4.69) is 32.3 Å². The van der Waals surface area contributed by atoms with Crippen LogP contribution < -0.4 is 10.2 Å². The first-order valence-corrected chi connectivity index (χ1v) is 8.47. The van der Waals surface area contributed by atoms with Gasteiger partial charge in [-0.1, -0.05) is 12.1 Å². The van der Waals surface area contributed by atoms with Gasteiger partial charge >= 0.3 is 0 Å². The third-order valence-electron chi connectivity index (χ3n) is 4.27. The number of nitrogens with zero attached hydrogens (tertiary/aromatic N) is 4. The number of hydrogen-bond acceptors (Lipinski definition) is 6. The lowest BCUT2D eigenvalue weighted by atomic mass is 9.95. The van der Waals surface area contributed by atoms with E-state index in [0.29, 0.717) is 11.7 Å². The maximum Gasteiger partial charge on any atom is 0.223 e. The van der Waals surface area contributed by atoms with Crippen LogP contribution in [-0.2, 0) is 4.79 Å². The Kier molecular flexibility index (Phi) is 5.08. The maximum atomic E-state index is 12.1. The number of amides is 1. The molecule has 0 bridgehead atoms. The molecule has 1 fully saturated rings. The van der Waals surface area contributed by atoms with Gasteiger partial charge in [0.05, 0.1) is 5.56 Å². The Balaban J connectivity index is 1.70. The number of carbonyl (C=O) groups is 1. The molecule has 3 heterocycles. The quantitative estimate of drug-likeness (QED) is 0.905. The van der Waals surface area contributed by atoms with Crippen molar-refractivity contribution in [3.8, 4) is 11.4 Å². The van der Waals surface area contributed by atoms with Crippen LogP contribution in [0.15, 0.2) is 22.9 Å². The van der Waals surface area contributed by atoms with E-state index in [-0.39, 0.29) is 11.8 Å². The van der Waals surface area contributed by atoms with Crippen LogP contribution in [0.2, 0.25) is 0 Å². The standard InChI is InChI=1S/C17H23N5O2/c1-3-8-19-17(23)13-6-10-22(11-7-13)16-14(5-4-9-18-16)15-20-12(2)24-21-15/h4-5,9,13H,3,6-8,10-11H2,1-2H3,(H,19,23). The van der Waals surface area contributed by atoms with Gasteiger partial charge in [-0.05, 0) is 31.4 Å². The monoisotopic (exact) mass is 329 g/mol. The van der Waals surface area contributed by atoms with Gasteiger partial charge in [-0.25, -0.2) is 4.98 Å². The van der Waals surface area contributed by atoms with E-state index in [9.17, 15) is 4.79 Å². The van der Waals surface area contributed by atoms with E-state index in [1.54, 1.807) is 13.1 Å². The van der Waals surface area contributed by atoms with Crippen molar-refractivity contribution in [2.75, 3.05) is 24.5 Å². The van der Waals surface area contributed by atoms with Crippen molar-refractivity contribution in [2.24, 2.45) is 5.92 Å². The van der Waals surface area contributed by atoms with Crippen LogP contribution in [0.25, 0.3) is 11.4 Å². The molecule has 0 radical (unpaired) electrons. The molecule has 1 N–H and O–H groups in total. The molecule has 0 atom stereocenters. The van der Waals surface area contributed by atoms with Gasteiger partial charge in [-0.2, -0.15) is 4.98 Å². The summed E-state index contributed by atoms with van der Waals surface area (Å²) in [5.41, 5.74) is 0.864. The Hall–Kier alpha value is -2.44. The van der Waals surface area contributed by atoms with E-state index in [0.717, 1.165) is 50.3 Å². The second-order valence-corrected chi connectivity index (χ2v) is 6.06. The topological polar surface area (TPSA) is 84.2 Å². The van der Waals surface area contributed by atoms with Crippen molar-refractivity contribution in [3.05, 3.63) is 24.2 Å². The summed E-state index contributed by atoms with van der Waals surface area (Å²) < 4.78 is 5.09. The molecule has 3 rings (SSSR count). The average molecular weight is 329 g/mol. The molecule has 1 aliphatic rings. The van der Waals surface area contributed by atoms with Gasteiger partial charge in [0.25, 0.3) is 0 Å². The number of anilines is 1. The molecule has 0 aromatic carbocycles. The number of nitrogens with one attached hydrogen (secondary N) is 1. The Morgan fingerprint density at radius 1 is 1.42 bits per heavy atom. The molecular weight excluding hydrogens is 306 g/mol. The van der Waals surface area contributed by atoms with Crippen LogP contribution in [-0.4, -0.2) is 40.7 Å². The first kappa shape index (κ1) is 16.4. The van der Waals surface area contributed by atoms with Crippen LogP contribution in [0.5, 0.6) is 0 Å². The SMILES string of the molecule is CCCNC(=O)C1CCN(c2ncccc2-c2noc(C)n2)CC1. The van der Waals surface area contributed by atoms with Crippen LogP contribution in [0, 0.1) is 12.8 Å². The fraction of sp³-hybridized carbons (Fsp3) is 0.529. The minimum atomic E-state index is 0.0902. The molecule has 1 amide bonds. The van der Waals surface area contributed by atoms with Gasteiger partial charge in [-0.15, -0.1) is 0 Å². The Morgan fingerprint density at radius 2 is 2.21 bits per heavy atom. The molecule has 0 unspecified atom stereocenters. The zero-order valence-electron chi connectivity index (χ0n) is 14.2. The van der Waals surface area contributed by atoms with Gasteiger partial charge in [-0.3, -0.25) is 4.79 Å². The van der Waals surface area contributed by atoms with Gasteiger partial charge in [0.2, 0.25) is 17.6 Å². The molecule has 1 saturated heterocycles. The molecule has 1 aliphatic heterocycles. The summed E-state index contributed by atoms with van der Waals surface area (Å²) in [4.78, 5) is 23.1. The number of aromatic nitrogens is 3. The zero-order chi connectivity index (χ0) is 16.9. The van der Waals surface area contributed by atoms with Gasteiger partial charge < -0.3 is 14.7 Å². The molecule has 7 heteroatoms. The molecule has 24 heavy (non-hydrogen) atoms. The summed E-state index contributed by atoms with van der Waals surface area (Å²) in [6.07, 6.45) is 4.39. The number of rotatable bonds is 5. The number of piperidine rings is 1. The first-order chi connectivity index (χ1) is 11.7. The normalized spacial score (nSPS) is 15.5. The van der Waals surface area contributed by atoms with Crippen LogP contribution >= 0.6 is 0 Å². The highest BCUT2D eigenvalue weighted by Crippen LogP contribution is 2.29. The number of hydrogen-bond donors (Lipinski definition) is 1. The van der Waals surface area contributed by atoms with Gasteiger partial charge in [0.1, 0.15) is 5.82 Å². The molecular formula is C17H23N5O2. The largest absolute Gasteiger partial charge is 0.356 e. The third-order valence-corrected chi connectivity index (χ3v) is 4.27. The predicted molar refractivity (Wildman–Crippen MR) is 90.5 cm³/mol. The summed E-state index contributed by atoms with van der Waals surface area (Å²) >= 11 is 0. The molecule has 128 valence electrons. The molecule has 2 aromatic heterocycles. The van der Waals surface area contributed by atoms with Crippen LogP contribution in [0.4, 0.5) is 5.82 Å². The van der Waals surface area contributed by atoms with Crippen LogP contribution in [0.3, 0.4) is 0 Å². The number of carbonyl (C=O) groups excluding carboxylic acids is 1. The maximum absolute atomic E-state index is 12.1.